The van der Waals surface area contributed by atoms with Gasteiger partial charge in [0.05, 0.1) is 15.8 Å². The van der Waals surface area contributed by atoms with E-state index in [9.17, 15) is 20.0 Å². The lowest BCUT2D eigenvalue weighted by Gasteiger charge is -2.17. The van der Waals surface area contributed by atoms with Crippen LogP contribution in [-0.2, 0) is 0 Å². The Hall–Kier alpha value is -3.23. The quantitative estimate of drug-likeness (QED) is 0.453. The fourth-order valence-electron chi connectivity index (χ4n) is 3.48. The molecule has 1 heterocycles. The molecule has 7 heteroatoms. The molecule has 4 aromatic rings. The number of fused-ring (bicyclic) bond motifs is 4. The summed E-state index contributed by atoms with van der Waals surface area (Å²) in [6.45, 7) is 0. The highest BCUT2D eigenvalue weighted by Crippen LogP contribution is 2.37. The zero-order valence-corrected chi connectivity index (χ0v) is 15.1. The SMILES string of the molecule is O=C1c2ccccc2C(=O)c2c1ccc1sc(-c3cccc([NH+]([O-])O)c3)nc21. The number of rotatable bonds is 2. The van der Waals surface area contributed by atoms with Gasteiger partial charge in [0.2, 0.25) is 0 Å². The fourth-order valence-corrected chi connectivity index (χ4v) is 4.45. The van der Waals surface area contributed by atoms with E-state index in [1.807, 2.05) is 0 Å². The van der Waals surface area contributed by atoms with Crippen LogP contribution in [0.5, 0.6) is 0 Å². The van der Waals surface area contributed by atoms with Crippen LogP contribution in [0, 0.1) is 5.21 Å². The third kappa shape index (κ3) is 2.42. The van der Waals surface area contributed by atoms with Gasteiger partial charge in [-0.15, -0.1) is 11.3 Å². The summed E-state index contributed by atoms with van der Waals surface area (Å²) in [6, 6.07) is 16.7. The maximum atomic E-state index is 13.1. The second kappa shape index (κ2) is 6.15. The number of thiazole rings is 1. The van der Waals surface area contributed by atoms with E-state index in [1.165, 1.54) is 17.4 Å². The van der Waals surface area contributed by atoms with Crippen LogP contribution in [0.1, 0.15) is 31.8 Å². The lowest BCUT2D eigenvalue weighted by atomic mass is 9.83. The van der Waals surface area contributed by atoms with E-state index in [1.54, 1.807) is 54.6 Å². The lowest BCUT2D eigenvalue weighted by Crippen LogP contribution is -2.99. The van der Waals surface area contributed by atoms with Crippen LogP contribution in [0.25, 0.3) is 20.8 Å². The molecule has 1 aliphatic carbocycles. The molecule has 0 radical (unpaired) electrons. The van der Waals surface area contributed by atoms with Crippen molar-refractivity contribution in [3.63, 3.8) is 0 Å². The zero-order chi connectivity index (χ0) is 19.4. The Balaban J connectivity index is 1.72. The Bertz CT molecular complexity index is 1290. The van der Waals surface area contributed by atoms with Crippen molar-refractivity contribution in [2.45, 2.75) is 0 Å². The largest absolute Gasteiger partial charge is 0.595 e. The summed E-state index contributed by atoms with van der Waals surface area (Å²) in [7, 11) is 0. The van der Waals surface area contributed by atoms with Crippen molar-refractivity contribution in [1.29, 1.82) is 0 Å². The Morgan fingerprint density at radius 3 is 2.39 bits per heavy atom. The van der Waals surface area contributed by atoms with Crippen molar-refractivity contribution in [3.8, 4) is 10.6 Å². The first-order chi connectivity index (χ1) is 13.5. The first-order valence-electron chi connectivity index (χ1n) is 8.50. The molecule has 6 nitrogen and oxygen atoms in total. The standard InChI is InChI=1S/C21H12N2O4S/c24-19-13-6-1-2-7-14(13)20(25)17-15(19)8-9-16-18(17)22-21(28-16)11-4-3-5-12(10-11)23(26)27/h1-10,23,26H. The topological polar surface area (TPSA) is 94.8 Å². The molecule has 28 heavy (non-hydrogen) atoms. The Morgan fingerprint density at radius 2 is 1.64 bits per heavy atom. The molecule has 0 bridgehead atoms. The smallest absolute Gasteiger partial charge is 0.196 e. The van der Waals surface area contributed by atoms with Gasteiger partial charge >= 0.3 is 0 Å². The van der Waals surface area contributed by atoms with Gasteiger partial charge in [0.25, 0.3) is 0 Å². The summed E-state index contributed by atoms with van der Waals surface area (Å²) in [5.41, 5.74) is 2.76. The van der Waals surface area contributed by atoms with E-state index in [0.717, 1.165) is 4.70 Å². The van der Waals surface area contributed by atoms with Crippen molar-refractivity contribution < 1.29 is 20.0 Å². The maximum absolute atomic E-state index is 13.1. The first kappa shape index (κ1) is 16.9. The Labute approximate surface area is 162 Å². The number of nitrogens with one attached hydrogen (secondary N) is 1. The Kier molecular flexibility index (Phi) is 3.71. The van der Waals surface area contributed by atoms with E-state index < -0.39 is 5.23 Å². The van der Waals surface area contributed by atoms with E-state index in [4.69, 9.17) is 0 Å². The third-order valence-corrected chi connectivity index (χ3v) is 5.88. The van der Waals surface area contributed by atoms with Crippen molar-refractivity contribution in [2.24, 2.45) is 0 Å². The minimum atomic E-state index is -1.02. The monoisotopic (exact) mass is 388 g/mol. The molecule has 5 rings (SSSR count). The van der Waals surface area contributed by atoms with E-state index >= 15 is 0 Å². The zero-order valence-electron chi connectivity index (χ0n) is 14.3. The third-order valence-electron chi connectivity index (χ3n) is 4.81. The second-order valence-corrected chi connectivity index (χ2v) is 7.47. The molecule has 0 aliphatic heterocycles. The van der Waals surface area contributed by atoms with Gasteiger partial charge in [0.1, 0.15) is 5.01 Å². The highest BCUT2D eigenvalue weighted by Gasteiger charge is 2.32. The van der Waals surface area contributed by atoms with E-state index in [2.05, 4.69) is 4.98 Å². The van der Waals surface area contributed by atoms with Crippen molar-refractivity contribution in [2.75, 3.05) is 0 Å². The molecule has 0 fully saturated rings. The molecular weight excluding hydrogens is 376 g/mol. The summed E-state index contributed by atoms with van der Waals surface area (Å²) in [4.78, 5) is 30.6. The number of ketones is 2. The van der Waals surface area contributed by atoms with Gasteiger partial charge in [0, 0.05) is 34.4 Å². The molecule has 0 saturated carbocycles. The second-order valence-electron chi connectivity index (χ2n) is 6.44. The maximum Gasteiger partial charge on any atom is 0.196 e. The van der Waals surface area contributed by atoms with Gasteiger partial charge in [-0.25, -0.2) is 10.2 Å². The molecule has 0 saturated heterocycles. The predicted octanol–water partition coefficient (Wildman–Crippen LogP) is 3.14. The highest BCUT2D eigenvalue weighted by molar-refractivity contribution is 7.21. The lowest BCUT2D eigenvalue weighted by molar-refractivity contribution is -0.991. The molecule has 136 valence electrons. The molecule has 1 atom stereocenters. The van der Waals surface area contributed by atoms with Crippen molar-refractivity contribution >= 4 is 38.8 Å². The minimum absolute atomic E-state index is 0.166. The normalized spacial score (nSPS) is 14.1. The van der Waals surface area contributed by atoms with E-state index in [0.29, 0.717) is 38.3 Å². The van der Waals surface area contributed by atoms with Crippen LogP contribution in [-0.4, -0.2) is 21.8 Å². The summed E-state index contributed by atoms with van der Waals surface area (Å²) in [6.07, 6.45) is 0. The first-order valence-corrected chi connectivity index (χ1v) is 9.32. The number of aromatic nitrogens is 1. The van der Waals surface area contributed by atoms with Crippen molar-refractivity contribution in [3.05, 3.63) is 88.1 Å². The van der Waals surface area contributed by atoms with Crippen LogP contribution in [0.2, 0.25) is 0 Å². The number of benzene rings is 3. The Morgan fingerprint density at radius 1 is 0.893 bits per heavy atom. The fraction of sp³-hybridized carbons (Fsp3) is 0. The van der Waals surface area contributed by atoms with Gasteiger partial charge < -0.3 is 5.21 Å². The molecule has 0 spiro atoms. The number of hydrogen-bond donors (Lipinski definition) is 2. The van der Waals surface area contributed by atoms with Gasteiger partial charge in [-0.1, -0.05) is 36.4 Å². The van der Waals surface area contributed by atoms with Crippen LogP contribution < -0.4 is 5.23 Å². The average molecular weight is 388 g/mol. The van der Waals surface area contributed by atoms with Crippen LogP contribution >= 0.6 is 11.3 Å². The van der Waals surface area contributed by atoms with Crippen molar-refractivity contribution in [1.82, 2.24) is 4.98 Å². The van der Waals surface area contributed by atoms with Gasteiger partial charge in [-0.2, -0.15) is 5.23 Å². The summed E-state index contributed by atoms with van der Waals surface area (Å²) >= 11 is 1.36. The molecular formula is C21H12N2O4S. The molecule has 1 aromatic heterocycles. The molecule has 3 aromatic carbocycles. The summed E-state index contributed by atoms with van der Waals surface area (Å²) in [5.74, 6) is -0.401. The highest BCUT2D eigenvalue weighted by atomic mass is 32.1. The average Bonchev–Trinajstić information content (AvgIpc) is 3.16. The summed E-state index contributed by atoms with van der Waals surface area (Å²) < 4.78 is 0.773. The molecule has 1 aliphatic rings. The van der Waals surface area contributed by atoms with Gasteiger partial charge in [-0.05, 0) is 12.1 Å². The number of carbonyl (C=O) groups is 2. The van der Waals surface area contributed by atoms with Gasteiger partial charge in [-0.3, -0.25) is 9.59 Å². The predicted molar refractivity (Wildman–Crippen MR) is 104 cm³/mol. The van der Waals surface area contributed by atoms with Gasteiger partial charge in [0.15, 0.2) is 17.3 Å². The number of hydrogen-bond acceptors (Lipinski definition) is 6. The van der Waals surface area contributed by atoms with Crippen LogP contribution in [0.3, 0.4) is 0 Å². The number of carbonyl (C=O) groups excluding carboxylic acids is 2. The number of quaternary nitrogens is 1. The van der Waals surface area contributed by atoms with Crippen LogP contribution in [0.15, 0.2) is 60.7 Å². The minimum Gasteiger partial charge on any atom is -0.595 e. The molecule has 2 N–H and O–H groups in total. The summed E-state index contributed by atoms with van der Waals surface area (Å²) in [5, 5.41) is 20.0. The number of nitrogens with zero attached hydrogens (tertiary/aromatic N) is 1. The van der Waals surface area contributed by atoms with E-state index in [-0.39, 0.29) is 17.3 Å². The molecule has 0 amide bonds. The molecule has 1 unspecified atom stereocenters. The van der Waals surface area contributed by atoms with Crippen LogP contribution in [0.4, 0.5) is 5.69 Å².